The average Bonchev–Trinajstić information content (AvgIpc) is 2.51. The van der Waals surface area contributed by atoms with Gasteiger partial charge in [-0.2, -0.15) is 0 Å². The van der Waals surface area contributed by atoms with Crippen molar-refractivity contribution in [3.63, 3.8) is 0 Å². The molecule has 0 bridgehead atoms. The van der Waals surface area contributed by atoms with E-state index in [1.807, 2.05) is 31.3 Å². The number of hydrogen-bond acceptors (Lipinski definition) is 2. The first-order chi connectivity index (χ1) is 6.83. The molecule has 1 aliphatic rings. The van der Waals surface area contributed by atoms with E-state index in [0.29, 0.717) is 0 Å². The molecule has 1 aliphatic heterocycles. The van der Waals surface area contributed by atoms with Crippen LogP contribution < -0.4 is 10.6 Å². The van der Waals surface area contributed by atoms with Crippen LogP contribution in [0.2, 0.25) is 0 Å². The zero-order valence-corrected chi connectivity index (χ0v) is 8.21. The van der Waals surface area contributed by atoms with Crippen molar-refractivity contribution in [1.82, 2.24) is 5.32 Å². The number of anilines is 1. The monoisotopic (exact) mass is 190 g/mol. The summed E-state index contributed by atoms with van der Waals surface area (Å²) >= 11 is 0. The highest BCUT2D eigenvalue weighted by atomic mass is 16.2. The summed E-state index contributed by atoms with van der Waals surface area (Å²) in [6.07, 6.45) is 0.860. The minimum Gasteiger partial charge on any atom is -0.325 e. The van der Waals surface area contributed by atoms with Gasteiger partial charge in [0.05, 0.1) is 5.92 Å². The Morgan fingerprint density at radius 3 is 3.00 bits per heavy atom. The number of nitrogens with one attached hydrogen (secondary N) is 2. The molecule has 0 spiro atoms. The van der Waals surface area contributed by atoms with E-state index in [0.717, 1.165) is 24.2 Å². The topological polar surface area (TPSA) is 41.1 Å². The fourth-order valence-corrected chi connectivity index (χ4v) is 1.85. The van der Waals surface area contributed by atoms with E-state index < -0.39 is 0 Å². The van der Waals surface area contributed by atoms with Crippen LogP contribution in [-0.4, -0.2) is 19.5 Å². The molecular weight excluding hydrogens is 176 g/mol. The standard InChI is InChI=1S/C11H14N2O/c1-12-7-6-9-8-4-2-3-5-10(8)13-11(9)14/h2-5,9,12H,6-7H2,1H3,(H,13,14). The van der Waals surface area contributed by atoms with Crippen LogP contribution in [-0.2, 0) is 4.79 Å². The van der Waals surface area contributed by atoms with E-state index in [4.69, 9.17) is 0 Å². The highest BCUT2D eigenvalue weighted by molar-refractivity contribution is 6.02. The third-order valence-electron chi connectivity index (χ3n) is 2.59. The van der Waals surface area contributed by atoms with Crippen molar-refractivity contribution in [2.24, 2.45) is 0 Å². The number of carbonyl (C=O) groups is 1. The van der Waals surface area contributed by atoms with Crippen molar-refractivity contribution >= 4 is 11.6 Å². The highest BCUT2D eigenvalue weighted by Crippen LogP contribution is 2.33. The molecule has 3 nitrogen and oxygen atoms in total. The van der Waals surface area contributed by atoms with Crippen molar-refractivity contribution in [3.8, 4) is 0 Å². The van der Waals surface area contributed by atoms with Crippen molar-refractivity contribution in [3.05, 3.63) is 29.8 Å². The fraction of sp³-hybridized carbons (Fsp3) is 0.364. The Hall–Kier alpha value is -1.35. The third kappa shape index (κ3) is 1.51. The second-order valence-corrected chi connectivity index (χ2v) is 3.52. The first-order valence-corrected chi connectivity index (χ1v) is 4.87. The molecule has 1 heterocycles. The Morgan fingerprint density at radius 2 is 2.21 bits per heavy atom. The van der Waals surface area contributed by atoms with E-state index >= 15 is 0 Å². The Kier molecular flexibility index (Phi) is 2.50. The van der Waals surface area contributed by atoms with Gasteiger partial charge < -0.3 is 10.6 Å². The van der Waals surface area contributed by atoms with Gasteiger partial charge >= 0.3 is 0 Å². The number of para-hydroxylation sites is 1. The average molecular weight is 190 g/mol. The Morgan fingerprint density at radius 1 is 1.43 bits per heavy atom. The Bertz CT molecular complexity index is 349. The summed E-state index contributed by atoms with van der Waals surface area (Å²) in [7, 11) is 1.90. The molecule has 2 N–H and O–H groups in total. The van der Waals surface area contributed by atoms with Crippen molar-refractivity contribution in [2.45, 2.75) is 12.3 Å². The van der Waals surface area contributed by atoms with Crippen LogP contribution in [0.5, 0.6) is 0 Å². The van der Waals surface area contributed by atoms with Crippen LogP contribution in [0.4, 0.5) is 5.69 Å². The molecule has 0 saturated heterocycles. The zero-order valence-electron chi connectivity index (χ0n) is 8.21. The maximum atomic E-state index is 11.6. The molecule has 1 amide bonds. The van der Waals surface area contributed by atoms with Crippen LogP contribution in [0.1, 0.15) is 17.9 Å². The summed E-state index contributed by atoms with van der Waals surface area (Å²) in [6, 6.07) is 7.89. The predicted octanol–water partition coefficient (Wildman–Crippen LogP) is 1.33. The van der Waals surface area contributed by atoms with Gasteiger partial charge in [0.2, 0.25) is 5.91 Å². The zero-order chi connectivity index (χ0) is 9.97. The van der Waals surface area contributed by atoms with Crippen LogP contribution in [0.15, 0.2) is 24.3 Å². The van der Waals surface area contributed by atoms with Gasteiger partial charge in [0.1, 0.15) is 0 Å². The quantitative estimate of drug-likeness (QED) is 0.755. The molecule has 1 atom stereocenters. The summed E-state index contributed by atoms with van der Waals surface area (Å²) in [6.45, 7) is 0.867. The number of carbonyl (C=O) groups excluding carboxylic acids is 1. The van der Waals surface area contributed by atoms with Crippen LogP contribution in [0, 0.1) is 0 Å². The van der Waals surface area contributed by atoms with Gasteiger partial charge in [-0.1, -0.05) is 18.2 Å². The summed E-state index contributed by atoms with van der Waals surface area (Å²) in [5, 5.41) is 5.96. The Balaban J connectivity index is 2.21. The predicted molar refractivity (Wildman–Crippen MR) is 56.4 cm³/mol. The van der Waals surface area contributed by atoms with E-state index in [1.54, 1.807) is 0 Å². The molecule has 0 saturated carbocycles. The van der Waals surface area contributed by atoms with E-state index in [-0.39, 0.29) is 11.8 Å². The second-order valence-electron chi connectivity index (χ2n) is 3.52. The minimum absolute atomic E-state index is 0.0265. The number of benzene rings is 1. The van der Waals surface area contributed by atoms with Crippen molar-refractivity contribution in [2.75, 3.05) is 18.9 Å². The van der Waals surface area contributed by atoms with Crippen LogP contribution in [0.3, 0.4) is 0 Å². The van der Waals surface area contributed by atoms with Gasteiger partial charge in [-0.25, -0.2) is 0 Å². The van der Waals surface area contributed by atoms with E-state index in [9.17, 15) is 4.79 Å². The molecule has 14 heavy (non-hydrogen) atoms. The lowest BCUT2D eigenvalue weighted by molar-refractivity contribution is -0.117. The summed E-state index contributed by atoms with van der Waals surface area (Å²) in [4.78, 5) is 11.6. The number of amides is 1. The molecule has 1 aromatic rings. The SMILES string of the molecule is CNCCC1C(=O)Nc2ccccc21. The third-order valence-corrected chi connectivity index (χ3v) is 2.59. The summed E-state index contributed by atoms with van der Waals surface area (Å²) < 4.78 is 0. The normalized spacial score (nSPS) is 19.2. The van der Waals surface area contributed by atoms with Crippen molar-refractivity contribution < 1.29 is 4.79 Å². The van der Waals surface area contributed by atoms with Gasteiger partial charge in [0, 0.05) is 5.69 Å². The highest BCUT2D eigenvalue weighted by Gasteiger charge is 2.28. The number of fused-ring (bicyclic) bond motifs is 1. The largest absolute Gasteiger partial charge is 0.325 e. The summed E-state index contributed by atoms with van der Waals surface area (Å²) in [5.41, 5.74) is 2.10. The first-order valence-electron chi connectivity index (χ1n) is 4.87. The lowest BCUT2D eigenvalue weighted by atomic mass is 9.97. The second kappa shape index (κ2) is 3.80. The van der Waals surface area contributed by atoms with E-state index in [1.165, 1.54) is 0 Å². The van der Waals surface area contributed by atoms with Crippen molar-refractivity contribution in [1.29, 1.82) is 0 Å². The van der Waals surface area contributed by atoms with E-state index in [2.05, 4.69) is 10.6 Å². The minimum atomic E-state index is 0.0265. The van der Waals surface area contributed by atoms with Gasteiger partial charge in [-0.15, -0.1) is 0 Å². The molecule has 0 radical (unpaired) electrons. The molecule has 0 aromatic heterocycles. The van der Waals surface area contributed by atoms with Crippen LogP contribution >= 0.6 is 0 Å². The molecule has 1 aromatic carbocycles. The van der Waals surface area contributed by atoms with Gasteiger partial charge in [0.25, 0.3) is 0 Å². The number of rotatable bonds is 3. The van der Waals surface area contributed by atoms with Gasteiger partial charge in [-0.3, -0.25) is 4.79 Å². The molecular formula is C11H14N2O. The van der Waals surface area contributed by atoms with Crippen LogP contribution in [0.25, 0.3) is 0 Å². The smallest absolute Gasteiger partial charge is 0.232 e. The molecule has 0 aliphatic carbocycles. The molecule has 3 heteroatoms. The maximum absolute atomic E-state index is 11.6. The Labute approximate surface area is 83.5 Å². The lowest BCUT2D eigenvalue weighted by Gasteiger charge is -2.07. The molecule has 1 unspecified atom stereocenters. The number of hydrogen-bond donors (Lipinski definition) is 2. The molecule has 0 fully saturated rings. The summed E-state index contributed by atoms with van der Waals surface area (Å²) in [5.74, 6) is 0.153. The van der Waals surface area contributed by atoms with Gasteiger partial charge in [0.15, 0.2) is 0 Å². The molecule has 2 rings (SSSR count). The lowest BCUT2D eigenvalue weighted by Crippen LogP contribution is -2.17. The molecule has 74 valence electrons. The first kappa shape index (κ1) is 9.21. The maximum Gasteiger partial charge on any atom is 0.232 e. The van der Waals surface area contributed by atoms with Gasteiger partial charge in [-0.05, 0) is 31.6 Å². The fourth-order valence-electron chi connectivity index (χ4n) is 1.85.